The van der Waals surface area contributed by atoms with Crippen LogP contribution in [0.3, 0.4) is 0 Å². The highest BCUT2D eigenvalue weighted by Crippen LogP contribution is 2.37. The van der Waals surface area contributed by atoms with Crippen molar-refractivity contribution in [2.24, 2.45) is 5.92 Å². The van der Waals surface area contributed by atoms with Gasteiger partial charge >= 0.3 is 0 Å². The lowest BCUT2D eigenvalue weighted by atomic mass is 9.98. The van der Waals surface area contributed by atoms with Crippen molar-refractivity contribution in [2.45, 2.75) is 64.8 Å². The van der Waals surface area contributed by atoms with E-state index in [1.807, 2.05) is 11.3 Å². The average molecular weight is 344 g/mol. The number of nitrogens with one attached hydrogen (secondary N) is 1. The molecular formula is C16H26BrNS. The van der Waals surface area contributed by atoms with E-state index in [-0.39, 0.29) is 0 Å². The highest BCUT2D eigenvalue weighted by atomic mass is 79.9. The van der Waals surface area contributed by atoms with Crippen molar-refractivity contribution < 1.29 is 0 Å². The Morgan fingerprint density at radius 3 is 2.74 bits per heavy atom. The van der Waals surface area contributed by atoms with Gasteiger partial charge in [-0.1, -0.05) is 32.6 Å². The molecule has 1 aromatic heterocycles. The molecule has 0 saturated heterocycles. The molecule has 1 nitrogen and oxygen atoms in total. The van der Waals surface area contributed by atoms with Gasteiger partial charge in [0.05, 0.1) is 0 Å². The van der Waals surface area contributed by atoms with Gasteiger partial charge in [-0.25, -0.2) is 0 Å². The van der Waals surface area contributed by atoms with E-state index in [0.717, 1.165) is 12.5 Å². The zero-order valence-electron chi connectivity index (χ0n) is 12.2. The second-order valence-corrected chi connectivity index (χ2v) is 7.95. The lowest BCUT2D eigenvalue weighted by Gasteiger charge is -2.20. The second kappa shape index (κ2) is 7.80. The van der Waals surface area contributed by atoms with Gasteiger partial charge in [-0.3, -0.25) is 0 Å². The van der Waals surface area contributed by atoms with Crippen LogP contribution in [0, 0.1) is 12.8 Å². The van der Waals surface area contributed by atoms with Gasteiger partial charge in [0.15, 0.2) is 0 Å². The van der Waals surface area contributed by atoms with Crippen molar-refractivity contribution in [3.63, 3.8) is 0 Å². The molecule has 0 radical (unpaired) electrons. The third-order valence-electron chi connectivity index (χ3n) is 4.13. The van der Waals surface area contributed by atoms with E-state index in [0.29, 0.717) is 6.04 Å². The number of rotatable bonds is 7. The standard InChI is InChI=1S/C16H26BrNS/c1-3-10-18-15(9-8-13-6-4-5-7-13)16-14(17)11-12(2)19-16/h11,13,15,18H,3-10H2,1-2H3. The van der Waals surface area contributed by atoms with Gasteiger partial charge in [0.2, 0.25) is 0 Å². The lowest BCUT2D eigenvalue weighted by molar-refractivity contribution is 0.414. The number of hydrogen-bond donors (Lipinski definition) is 1. The van der Waals surface area contributed by atoms with E-state index in [1.54, 1.807) is 0 Å². The Hall–Kier alpha value is 0.140. The van der Waals surface area contributed by atoms with Crippen molar-refractivity contribution in [1.82, 2.24) is 5.32 Å². The summed E-state index contributed by atoms with van der Waals surface area (Å²) >= 11 is 5.68. The van der Waals surface area contributed by atoms with Crippen LogP contribution in [-0.4, -0.2) is 6.54 Å². The molecule has 2 rings (SSSR count). The summed E-state index contributed by atoms with van der Waals surface area (Å²) in [4.78, 5) is 2.91. The fourth-order valence-corrected chi connectivity index (χ4v) is 5.12. The molecule has 108 valence electrons. The van der Waals surface area contributed by atoms with Gasteiger partial charge in [-0.15, -0.1) is 11.3 Å². The molecule has 0 aromatic carbocycles. The molecular weight excluding hydrogens is 318 g/mol. The topological polar surface area (TPSA) is 12.0 Å². The summed E-state index contributed by atoms with van der Waals surface area (Å²) in [5, 5.41) is 3.74. The maximum Gasteiger partial charge on any atom is 0.0426 e. The number of aryl methyl sites for hydroxylation is 1. The van der Waals surface area contributed by atoms with Crippen molar-refractivity contribution >= 4 is 27.3 Å². The molecule has 0 spiro atoms. The Morgan fingerprint density at radius 2 is 2.16 bits per heavy atom. The van der Waals surface area contributed by atoms with Crippen LogP contribution in [0.2, 0.25) is 0 Å². The summed E-state index contributed by atoms with van der Waals surface area (Å²) in [6.07, 6.45) is 9.74. The largest absolute Gasteiger partial charge is 0.309 e. The minimum Gasteiger partial charge on any atom is -0.309 e. The first-order valence-electron chi connectivity index (χ1n) is 7.70. The van der Waals surface area contributed by atoms with Crippen LogP contribution < -0.4 is 5.32 Å². The van der Waals surface area contributed by atoms with E-state index in [2.05, 4.69) is 41.2 Å². The smallest absolute Gasteiger partial charge is 0.0426 e. The summed E-state index contributed by atoms with van der Waals surface area (Å²) in [5.41, 5.74) is 0. The molecule has 19 heavy (non-hydrogen) atoms. The van der Waals surface area contributed by atoms with Crippen molar-refractivity contribution in [3.8, 4) is 0 Å². The predicted molar refractivity (Wildman–Crippen MR) is 89.0 cm³/mol. The molecule has 1 atom stereocenters. The zero-order chi connectivity index (χ0) is 13.7. The highest BCUT2D eigenvalue weighted by Gasteiger charge is 2.20. The molecule has 1 aliphatic carbocycles. The third kappa shape index (κ3) is 4.57. The molecule has 1 fully saturated rings. The molecule has 1 heterocycles. The molecule has 1 unspecified atom stereocenters. The van der Waals surface area contributed by atoms with Crippen LogP contribution in [0.25, 0.3) is 0 Å². The maximum absolute atomic E-state index is 3.74. The first kappa shape index (κ1) is 15.5. The van der Waals surface area contributed by atoms with E-state index in [4.69, 9.17) is 0 Å². The quantitative estimate of drug-likeness (QED) is 0.656. The lowest BCUT2D eigenvalue weighted by Crippen LogP contribution is -2.22. The number of thiophene rings is 1. The van der Waals surface area contributed by atoms with Crippen LogP contribution >= 0.6 is 27.3 Å². The Kier molecular flexibility index (Phi) is 6.37. The van der Waals surface area contributed by atoms with E-state index >= 15 is 0 Å². The molecule has 0 amide bonds. The Labute approximate surface area is 130 Å². The zero-order valence-corrected chi connectivity index (χ0v) is 14.6. The van der Waals surface area contributed by atoms with Gasteiger partial charge in [-0.2, -0.15) is 0 Å². The Morgan fingerprint density at radius 1 is 1.42 bits per heavy atom. The minimum atomic E-state index is 0.550. The highest BCUT2D eigenvalue weighted by molar-refractivity contribution is 9.10. The van der Waals surface area contributed by atoms with Crippen molar-refractivity contribution in [1.29, 1.82) is 0 Å². The monoisotopic (exact) mass is 343 g/mol. The Balaban J connectivity index is 1.96. The molecule has 0 aliphatic heterocycles. The van der Waals surface area contributed by atoms with Gasteiger partial charge in [0, 0.05) is 20.3 Å². The number of halogens is 1. The SMILES string of the molecule is CCCNC(CCC1CCCC1)c1sc(C)cc1Br. The summed E-state index contributed by atoms with van der Waals surface area (Å²) in [6, 6.07) is 2.81. The van der Waals surface area contributed by atoms with Crippen LogP contribution in [0.1, 0.15) is 67.7 Å². The fourth-order valence-electron chi connectivity index (χ4n) is 3.08. The Bertz CT molecular complexity index is 382. The van der Waals surface area contributed by atoms with Crippen LogP contribution in [0.4, 0.5) is 0 Å². The first-order valence-corrected chi connectivity index (χ1v) is 9.31. The van der Waals surface area contributed by atoms with Gasteiger partial charge < -0.3 is 5.32 Å². The fraction of sp³-hybridized carbons (Fsp3) is 0.750. The van der Waals surface area contributed by atoms with Gasteiger partial charge in [0.25, 0.3) is 0 Å². The summed E-state index contributed by atoms with van der Waals surface area (Å²) in [6.45, 7) is 5.57. The number of hydrogen-bond acceptors (Lipinski definition) is 2. The normalized spacial score (nSPS) is 18.1. The van der Waals surface area contributed by atoms with Crippen molar-refractivity contribution in [2.75, 3.05) is 6.54 Å². The average Bonchev–Trinajstić information content (AvgIpc) is 3.00. The van der Waals surface area contributed by atoms with E-state index in [9.17, 15) is 0 Å². The van der Waals surface area contributed by atoms with Gasteiger partial charge in [0.1, 0.15) is 0 Å². The van der Waals surface area contributed by atoms with E-state index in [1.165, 1.54) is 59.2 Å². The molecule has 1 N–H and O–H groups in total. The van der Waals surface area contributed by atoms with Crippen molar-refractivity contribution in [3.05, 3.63) is 20.3 Å². The van der Waals surface area contributed by atoms with Gasteiger partial charge in [-0.05, 0) is 60.6 Å². The summed E-state index contributed by atoms with van der Waals surface area (Å²) in [7, 11) is 0. The summed E-state index contributed by atoms with van der Waals surface area (Å²) < 4.78 is 1.30. The van der Waals surface area contributed by atoms with Crippen LogP contribution in [0.15, 0.2) is 10.5 Å². The van der Waals surface area contributed by atoms with Crippen LogP contribution in [0.5, 0.6) is 0 Å². The molecule has 1 saturated carbocycles. The minimum absolute atomic E-state index is 0.550. The maximum atomic E-state index is 3.74. The summed E-state index contributed by atoms with van der Waals surface area (Å²) in [5.74, 6) is 0.991. The third-order valence-corrected chi connectivity index (χ3v) is 6.21. The molecule has 3 heteroatoms. The predicted octanol–water partition coefficient (Wildman–Crippen LogP) is 5.83. The van der Waals surface area contributed by atoms with Crippen LogP contribution in [-0.2, 0) is 0 Å². The molecule has 0 bridgehead atoms. The molecule has 1 aliphatic rings. The first-order chi connectivity index (χ1) is 9.20. The van der Waals surface area contributed by atoms with E-state index < -0.39 is 0 Å². The second-order valence-electron chi connectivity index (χ2n) is 5.80. The molecule has 1 aromatic rings.